The van der Waals surface area contributed by atoms with Crippen LogP contribution in [0.15, 0.2) is 16.5 Å². The number of hydrogen-bond donors (Lipinski definition) is 1. The molecule has 0 aliphatic heterocycles. The number of aromatic nitrogens is 2. The van der Waals surface area contributed by atoms with E-state index in [1.54, 1.807) is 14.0 Å². The fourth-order valence-electron chi connectivity index (χ4n) is 1.99. The molecule has 2 heterocycles. The summed E-state index contributed by atoms with van der Waals surface area (Å²) in [7, 11) is 1.67. The third-order valence-corrected chi connectivity index (χ3v) is 2.91. The van der Waals surface area contributed by atoms with Crippen LogP contribution in [0.4, 0.5) is 11.5 Å². The largest absolute Gasteiger partial charge is 0.464 e. The maximum Gasteiger partial charge on any atom is 0.333 e. The van der Waals surface area contributed by atoms with Crippen LogP contribution < -0.4 is 5.32 Å². The van der Waals surface area contributed by atoms with E-state index < -0.39 is 4.92 Å². The highest BCUT2D eigenvalue weighted by Crippen LogP contribution is 2.30. The average Bonchev–Trinajstić information content (AvgIpc) is 2.84. The van der Waals surface area contributed by atoms with Gasteiger partial charge in [0.25, 0.3) is 0 Å². The van der Waals surface area contributed by atoms with Crippen molar-refractivity contribution in [3.8, 4) is 0 Å². The molecule has 0 amide bonds. The normalized spacial score (nSPS) is 12.4. The Labute approximate surface area is 110 Å². The molecule has 0 saturated heterocycles. The lowest BCUT2D eigenvalue weighted by Gasteiger charge is -2.12. The van der Waals surface area contributed by atoms with Crippen LogP contribution in [0, 0.1) is 24.0 Å². The van der Waals surface area contributed by atoms with Gasteiger partial charge in [-0.15, -0.1) is 0 Å². The summed E-state index contributed by atoms with van der Waals surface area (Å²) in [5.41, 5.74) is 0.385. The van der Waals surface area contributed by atoms with Gasteiger partial charge in [-0.05, 0) is 32.9 Å². The molecule has 102 valence electrons. The molecule has 0 aliphatic carbocycles. The molecule has 7 nitrogen and oxygen atoms in total. The SMILES string of the molecule is Cc1ccc(C(C)Nc2c([N+](=O)[O-])c(C)nn2C)o1. The highest BCUT2D eigenvalue weighted by atomic mass is 16.6. The van der Waals surface area contributed by atoms with E-state index in [9.17, 15) is 10.1 Å². The Morgan fingerprint density at radius 3 is 2.68 bits per heavy atom. The molecule has 0 fully saturated rings. The molecule has 1 atom stereocenters. The number of aryl methyl sites for hydroxylation is 3. The molecule has 0 bridgehead atoms. The maximum absolute atomic E-state index is 11.1. The highest BCUT2D eigenvalue weighted by Gasteiger charge is 2.25. The fourth-order valence-corrected chi connectivity index (χ4v) is 1.99. The van der Waals surface area contributed by atoms with Crippen LogP contribution in [0.25, 0.3) is 0 Å². The minimum Gasteiger partial charge on any atom is -0.464 e. The Kier molecular flexibility index (Phi) is 3.28. The quantitative estimate of drug-likeness (QED) is 0.677. The number of nitrogens with zero attached hydrogens (tertiary/aromatic N) is 3. The Balaban J connectivity index is 2.31. The number of nitro groups is 1. The lowest BCUT2D eigenvalue weighted by Crippen LogP contribution is -2.10. The van der Waals surface area contributed by atoms with Gasteiger partial charge in [0.2, 0.25) is 5.82 Å². The summed E-state index contributed by atoms with van der Waals surface area (Å²) in [4.78, 5) is 10.6. The van der Waals surface area contributed by atoms with E-state index >= 15 is 0 Å². The topological polar surface area (TPSA) is 86.1 Å². The highest BCUT2D eigenvalue weighted by molar-refractivity contribution is 5.60. The summed E-state index contributed by atoms with van der Waals surface area (Å²) in [6.07, 6.45) is 0. The lowest BCUT2D eigenvalue weighted by molar-refractivity contribution is -0.384. The zero-order valence-corrected chi connectivity index (χ0v) is 11.3. The number of nitrogens with one attached hydrogen (secondary N) is 1. The predicted octanol–water partition coefficient (Wildman–Crippen LogP) is 2.71. The third kappa shape index (κ3) is 2.44. The van der Waals surface area contributed by atoms with Gasteiger partial charge in [-0.1, -0.05) is 0 Å². The molecule has 19 heavy (non-hydrogen) atoms. The summed E-state index contributed by atoms with van der Waals surface area (Å²) in [6, 6.07) is 3.53. The fraction of sp³-hybridized carbons (Fsp3) is 0.417. The van der Waals surface area contributed by atoms with E-state index in [0.29, 0.717) is 11.5 Å². The first-order valence-corrected chi connectivity index (χ1v) is 5.91. The molecule has 2 aromatic heterocycles. The summed E-state index contributed by atoms with van der Waals surface area (Å²) >= 11 is 0. The van der Waals surface area contributed by atoms with Crippen LogP contribution >= 0.6 is 0 Å². The average molecular weight is 264 g/mol. The van der Waals surface area contributed by atoms with Gasteiger partial charge in [-0.25, -0.2) is 4.68 Å². The van der Waals surface area contributed by atoms with Crippen LogP contribution in [0.3, 0.4) is 0 Å². The molecule has 0 radical (unpaired) electrons. The second kappa shape index (κ2) is 4.75. The van der Waals surface area contributed by atoms with Crippen molar-refractivity contribution in [1.82, 2.24) is 9.78 Å². The van der Waals surface area contributed by atoms with Crippen LogP contribution in [0.1, 0.15) is 30.2 Å². The van der Waals surface area contributed by atoms with E-state index in [1.807, 2.05) is 26.0 Å². The second-order valence-electron chi connectivity index (χ2n) is 4.48. The first-order chi connectivity index (χ1) is 8.90. The van der Waals surface area contributed by atoms with Crippen LogP contribution in [0.2, 0.25) is 0 Å². The van der Waals surface area contributed by atoms with E-state index in [1.165, 1.54) is 4.68 Å². The molecule has 1 unspecified atom stereocenters. The molecule has 0 aromatic carbocycles. The van der Waals surface area contributed by atoms with Crippen molar-refractivity contribution >= 4 is 11.5 Å². The Morgan fingerprint density at radius 1 is 1.47 bits per heavy atom. The van der Waals surface area contributed by atoms with Crippen molar-refractivity contribution in [2.45, 2.75) is 26.8 Å². The van der Waals surface area contributed by atoms with Crippen LogP contribution in [-0.4, -0.2) is 14.7 Å². The summed E-state index contributed by atoms with van der Waals surface area (Å²) in [6.45, 7) is 5.35. The van der Waals surface area contributed by atoms with Crippen molar-refractivity contribution in [2.24, 2.45) is 7.05 Å². The van der Waals surface area contributed by atoms with E-state index in [-0.39, 0.29) is 11.7 Å². The minimum absolute atomic E-state index is 0.00220. The first kappa shape index (κ1) is 13.1. The monoisotopic (exact) mass is 264 g/mol. The van der Waals surface area contributed by atoms with E-state index in [2.05, 4.69) is 10.4 Å². The molecule has 0 saturated carbocycles. The van der Waals surface area contributed by atoms with E-state index in [0.717, 1.165) is 11.5 Å². The molecule has 1 N–H and O–H groups in total. The first-order valence-electron chi connectivity index (χ1n) is 5.91. The Morgan fingerprint density at radius 2 is 2.16 bits per heavy atom. The standard InChI is InChI=1S/C12H16N4O3/c1-7-5-6-10(19-7)8(2)13-12-11(16(17)18)9(3)14-15(12)4/h5-6,8,13H,1-4H3. The van der Waals surface area contributed by atoms with Crippen molar-refractivity contribution in [3.63, 3.8) is 0 Å². The summed E-state index contributed by atoms with van der Waals surface area (Å²) < 4.78 is 6.97. The van der Waals surface area contributed by atoms with Crippen LogP contribution in [0.5, 0.6) is 0 Å². The molecular formula is C12H16N4O3. The molecule has 2 rings (SSSR count). The van der Waals surface area contributed by atoms with E-state index in [4.69, 9.17) is 4.42 Å². The van der Waals surface area contributed by atoms with Crippen molar-refractivity contribution in [3.05, 3.63) is 39.5 Å². The molecule has 7 heteroatoms. The molecule has 0 spiro atoms. The van der Waals surface area contributed by atoms with Gasteiger partial charge in [0.15, 0.2) is 0 Å². The zero-order valence-electron chi connectivity index (χ0n) is 11.3. The predicted molar refractivity (Wildman–Crippen MR) is 70.1 cm³/mol. The summed E-state index contributed by atoms with van der Waals surface area (Å²) in [5, 5.41) is 18.2. The zero-order chi connectivity index (χ0) is 14.2. The molecule has 2 aromatic rings. The number of rotatable bonds is 4. The van der Waals surface area contributed by atoms with Crippen molar-refractivity contribution < 1.29 is 9.34 Å². The third-order valence-electron chi connectivity index (χ3n) is 2.91. The second-order valence-corrected chi connectivity index (χ2v) is 4.48. The minimum atomic E-state index is -0.426. The van der Waals surface area contributed by atoms with Crippen molar-refractivity contribution in [1.29, 1.82) is 0 Å². The summed E-state index contributed by atoms with van der Waals surface area (Å²) in [5.74, 6) is 1.91. The van der Waals surface area contributed by atoms with Crippen LogP contribution in [-0.2, 0) is 7.05 Å². The van der Waals surface area contributed by atoms with Gasteiger partial charge < -0.3 is 9.73 Å². The number of furan rings is 1. The smallest absolute Gasteiger partial charge is 0.333 e. The van der Waals surface area contributed by atoms with Crippen molar-refractivity contribution in [2.75, 3.05) is 5.32 Å². The van der Waals surface area contributed by atoms with Gasteiger partial charge in [-0.2, -0.15) is 5.10 Å². The maximum atomic E-state index is 11.1. The molecular weight excluding hydrogens is 248 g/mol. The van der Waals surface area contributed by atoms with Gasteiger partial charge in [0.1, 0.15) is 17.2 Å². The number of anilines is 1. The Hall–Kier alpha value is -2.31. The molecule has 0 aliphatic rings. The van der Waals surface area contributed by atoms with Gasteiger partial charge in [0.05, 0.1) is 11.0 Å². The number of hydrogen-bond acceptors (Lipinski definition) is 5. The Bertz CT molecular complexity index is 615. The van der Waals surface area contributed by atoms with Gasteiger partial charge >= 0.3 is 5.69 Å². The lowest BCUT2D eigenvalue weighted by atomic mass is 10.2. The van der Waals surface area contributed by atoms with Gasteiger partial charge in [0, 0.05) is 7.05 Å². The van der Waals surface area contributed by atoms with Gasteiger partial charge in [-0.3, -0.25) is 10.1 Å².